The van der Waals surface area contributed by atoms with E-state index in [-0.39, 0.29) is 47.9 Å². The van der Waals surface area contributed by atoms with Crippen LogP contribution in [-0.2, 0) is 33.1 Å². The predicted molar refractivity (Wildman–Crippen MR) is 175 cm³/mol. The summed E-state index contributed by atoms with van der Waals surface area (Å²) in [7, 11) is -2.25. The fourth-order valence-corrected chi connectivity index (χ4v) is 8.86. The van der Waals surface area contributed by atoms with E-state index in [1.54, 1.807) is 18.7 Å². The number of sulfonamides is 1. The van der Waals surface area contributed by atoms with Gasteiger partial charge in [-0.25, -0.2) is 18.1 Å². The van der Waals surface area contributed by atoms with Gasteiger partial charge in [0.2, 0.25) is 15.9 Å². The Morgan fingerprint density at radius 1 is 1.22 bits per heavy atom. The van der Waals surface area contributed by atoms with Gasteiger partial charge in [0.25, 0.3) is 0 Å². The Bertz CT molecular complexity index is 2050. The number of nitrogens with zero attached hydrogens (tertiary/aromatic N) is 5. The molecule has 6 rings (SSSR count). The Labute approximate surface area is 274 Å². The minimum atomic E-state index is -4.02. The fourth-order valence-electron chi connectivity index (χ4n) is 5.88. The highest BCUT2D eigenvalue weighted by Crippen LogP contribution is 2.40. The second-order valence-corrected chi connectivity index (χ2v) is 14.6. The van der Waals surface area contributed by atoms with Gasteiger partial charge in [-0.2, -0.15) is 4.31 Å². The number of carbonyl (C=O) groups is 1. The zero-order valence-corrected chi connectivity index (χ0v) is 28.2. The Morgan fingerprint density at radius 3 is 2.78 bits per heavy atom. The molecule has 14 heteroatoms. The molecule has 1 aliphatic heterocycles. The van der Waals surface area contributed by atoms with Crippen molar-refractivity contribution < 1.29 is 22.7 Å². The van der Waals surface area contributed by atoms with E-state index in [1.807, 2.05) is 43.5 Å². The van der Waals surface area contributed by atoms with Gasteiger partial charge in [-0.1, -0.05) is 41.4 Å². The maximum atomic E-state index is 14.0. The number of aryl methyl sites for hydroxylation is 2. The second kappa shape index (κ2) is 12.5. The lowest BCUT2D eigenvalue weighted by molar-refractivity contribution is -0.143. The van der Waals surface area contributed by atoms with Crippen LogP contribution in [0, 0.1) is 6.92 Å². The first-order chi connectivity index (χ1) is 21.5. The third-order valence-electron chi connectivity index (χ3n) is 8.12. The summed E-state index contributed by atoms with van der Waals surface area (Å²) in [6.07, 6.45) is 1.61. The average molecular weight is 689 g/mol. The number of thiophene rings is 1. The summed E-state index contributed by atoms with van der Waals surface area (Å²) in [4.78, 5) is 17.1. The molecule has 0 saturated carbocycles. The van der Waals surface area contributed by atoms with Crippen molar-refractivity contribution >= 4 is 71.7 Å². The number of rotatable bonds is 8. The second-order valence-electron chi connectivity index (χ2n) is 11.0. The third-order valence-corrected chi connectivity index (χ3v) is 11.4. The van der Waals surface area contributed by atoms with E-state index < -0.39 is 22.0 Å². The summed E-state index contributed by atoms with van der Waals surface area (Å²) < 4.78 is 43.5. The van der Waals surface area contributed by atoms with Gasteiger partial charge in [-0.05, 0) is 77.6 Å². The molecule has 10 nitrogen and oxygen atoms in total. The topological polar surface area (TPSA) is 117 Å². The molecule has 0 bridgehead atoms. The number of carbonyl (C=O) groups excluding carboxylic acids is 1. The summed E-state index contributed by atoms with van der Waals surface area (Å²) >= 11 is 14.5. The molecule has 5 aromatic rings. The number of aromatic nitrogens is 4. The summed E-state index contributed by atoms with van der Waals surface area (Å²) in [6.45, 7) is 6.11. The molecule has 4 heterocycles. The van der Waals surface area contributed by atoms with Crippen molar-refractivity contribution in [2.75, 3.05) is 13.2 Å². The molecule has 0 saturated heterocycles. The Morgan fingerprint density at radius 2 is 2.02 bits per heavy atom. The van der Waals surface area contributed by atoms with E-state index in [4.69, 9.17) is 32.7 Å². The number of pyridine rings is 1. The zero-order chi connectivity index (χ0) is 32.0. The number of hydrogen-bond donors (Lipinski definition) is 0. The molecule has 0 amide bonds. The van der Waals surface area contributed by atoms with Crippen LogP contribution in [0.25, 0.3) is 21.1 Å². The van der Waals surface area contributed by atoms with Crippen molar-refractivity contribution in [2.45, 2.75) is 57.1 Å². The number of benzene rings is 2. The molecular formula is C31H31Cl2N5O5S2. The minimum absolute atomic E-state index is 0.0463. The molecule has 2 aromatic carbocycles. The highest BCUT2D eigenvalue weighted by atomic mass is 35.5. The first kappa shape index (κ1) is 31.7. The largest absolute Gasteiger partial charge is 0.472 e. The molecule has 1 aliphatic rings. The quantitative estimate of drug-likeness (QED) is 0.167. The number of esters is 1. The molecule has 2 atom stereocenters. The van der Waals surface area contributed by atoms with E-state index in [0.717, 1.165) is 32.3 Å². The van der Waals surface area contributed by atoms with Gasteiger partial charge >= 0.3 is 5.97 Å². The van der Waals surface area contributed by atoms with Crippen molar-refractivity contribution in [1.82, 2.24) is 24.3 Å². The lowest BCUT2D eigenvalue weighted by Gasteiger charge is -2.24. The lowest BCUT2D eigenvalue weighted by atomic mass is 9.84. The number of halogens is 2. The van der Waals surface area contributed by atoms with Crippen molar-refractivity contribution in [1.29, 1.82) is 0 Å². The average Bonchev–Trinajstić information content (AvgIpc) is 3.62. The van der Waals surface area contributed by atoms with Crippen molar-refractivity contribution in [3.05, 3.63) is 74.2 Å². The summed E-state index contributed by atoms with van der Waals surface area (Å²) in [5, 5.41) is 12.1. The first-order valence-corrected chi connectivity index (χ1v) is 17.6. The van der Waals surface area contributed by atoms with Crippen LogP contribution in [0.15, 0.2) is 46.8 Å². The molecule has 0 N–H and O–H groups in total. The summed E-state index contributed by atoms with van der Waals surface area (Å²) in [6, 6.07) is 9.26. The molecular weight excluding hydrogens is 657 g/mol. The standard InChI is InChI=1S/C31H31Cl2N5O5S2/c1-5-22-16-38(45(40,41)26-11-21(32)14-34-31(26)43-22)15-20-10-19(9-18-7-8-44-30(18)20)24(13-27(39)42-6-2)23-12-25(33)29-28(17(23)3)35-36-37(29)4/h7-12,14,22,24H,5-6,13,15-16H2,1-4H3/t22-,24+/m1/s1. The minimum Gasteiger partial charge on any atom is -0.472 e. The van der Waals surface area contributed by atoms with Crippen molar-refractivity contribution in [2.24, 2.45) is 7.05 Å². The van der Waals surface area contributed by atoms with Gasteiger partial charge in [0.15, 0.2) is 0 Å². The summed E-state index contributed by atoms with van der Waals surface area (Å²) in [5.41, 5.74) is 4.65. The molecule has 0 unspecified atom stereocenters. The Hall–Kier alpha value is -3.29. The number of fused-ring (bicyclic) bond motifs is 3. The Kier molecular flexibility index (Phi) is 8.79. The molecule has 45 heavy (non-hydrogen) atoms. The molecule has 0 spiro atoms. The SMILES string of the molecule is CCOC(=O)C[C@@H](c1cc(CN2C[C@@H](CC)Oc3ncc(Cl)cc3S2(=O)=O)c2sccc2c1)c1cc(Cl)c2c(nnn2C)c1C. The molecule has 0 radical (unpaired) electrons. The van der Waals surface area contributed by atoms with Gasteiger partial charge in [0, 0.05) is 30.4 Å². The van der Waals surface area contributed by atoms with Crippen molar-refractivity contribution in [3.63, 3.8) is 0 Å². The monoisotopic (exact) mass is 687 g/mol. The van der Waals surface area contributed by atoms with Crippen LogP contribution in [0.4, 0.5) is 0 Å². The van der Waals surface area contributed by atoms with Crippen LogP contribution < -0.4 is 4.74 Å². The van der Waals surface area contributed by atoms with Gasteiger partial charge in [-0.3, -0.25) is 4.79 Å². The zero-order valence-electron chi connectivity index (χ0n) is 25.1. The smallest absolute Gasteiger partial charge is 0.306 e. The van der Waals surface area contributed by atoms with Crippen LogP contribution in [0.2, 0.25) is 10.0 Å². The van der Waals surface area contributed by atoms with Crippen LogP contribution in [-0.4, -0.2) is 57.9 Å². The highest BCUT2D eigenvalue weighted by Gasteiger charge is 2.36. The molecule has 0 aliphatic carbocycles. The highest BCUT2D eigenvalue weighted by molar-refractivity contribution is 7.89. The van der Waals surface area contributed by atoms with E-state index >= 15 is 0 Å². The van der Waals surface area contributed by atoms with Crippen LogP contribution in [0.1, 0.15) is 54.9 Å². The van der Waals surface area contributed by atoms with Gasteiger partial charge in [0.05, 0.1) is 29.6 Å². The van der Waals surface area contributed by atoms with E-state index in [0.29, 0.717) is 22.5 Å². The van der Waals surface area contributed by atoms with Crippen LogP contribution in [0.5, 0.6) is 5.88 Å². The van der Waals surface area contributed by atoms with Gasteiger partial charge in [0.1, 0.15) is 22.0 Å². The van der Waals surface area contributed by atoms with E-state index in [2.05, 4.69) is 15.3 Å². The molecule has 0 fully saturated rings. The maximum absolute atomic E-state index is 14.0. The van der Waals surface area contributed by atoms with E-state index in [9.17, 15) is 13.2 Å². The maximum Gasteiger partial charge on any atom is 0.306 e. The van der Waals surface area contributed by atoms with Crippen LogP contribution in [0.3, 0.4) is 0 Å². The van der Waals surface area contributed by atoms with Crippen LogP contribution >= 0.6 is 34.5 Å². The van der Waals surface area contributed by atoms with E-state index in [1.165, 1.54) is 27.9 Å². The fraction of sp³-hybridized carbons (Fsp3) is 0.355. The lowest BCUT2D eigenvalue weighted by Crippen LogP contribution is -2.36. The summed E-state index contributed by atoms with van der Waals surface area (Å²) in [5.74, 6) is -0.763. The third kappa shape index (κ3) is 5.90. The molecule has 236 valence electrons. The normalized spacial score (nSPS) is 17.2. The van der Waals surface area contributed by atoms with Gasteiger partial charge < -0.3 is 9.47 Å². The number of ether oxygens (including phenoxy) is 2. The number of hydrogen-bond acceptors (Lipinski definition) is 9. The van der Waals surface area contributed by atoms with Gasteiger partial charge in [-0.15, -0.1) is 16.4 Å². The molecule has 3 aromatic heterocycles. The predicted octanol–water partition coefficient (Wildman–Crippen LogP) is 6.64. The van der Waals surface area contributed by atoms with Crippen molar-refractivity contribution in [3.8, 4) is 5.88 Å². The Balaban J connectivity index is 1.49. The first-order valence-electron chi connectivity index (χ1n) is 14.5.